The van der Waals surface area contributed by atoms with E-state index in [1.165, 1.54) is 0 Å². The van der Waals surface area contributed by atoms with Gasteiger partial charge in [-0.3, -0.25) is 4.98 Å². The number of hydrogen-bond acceptors (Lipinski definition) is 4. The van der Waals surface area contributed by atoms with Crippen molar-refractivity contribution in [3.63, 3.8) is 0 Å². The molecule has 5 nitrogen and oxygen atoms in total. The van der Waals surface area contributed by atoms with Gasteiger partial charge in [-0.25, -0.2) is 9.97 Å². The zero-order valence-electron chi connectivity index (χ0n) is 9.31. The lowest BCUT2D eigenvalue weighted by Gasteiger charge is -1.98. The van der Waals surface area contributed by atoms with Crippen LogP contribution in [0.4, 0.5) is 5.69 Å². The van der Waals surface area contributed by atoms with Crippen molar-refractivity contribution < 1.29 is 0 Å². The van der Waals surface area contributed by atoms with Gasteiger partial charge in [0.25, 0.3) is 0 Å². The van der Waals surface area contributed by atoms with Crippen molar-refractivity contribution in [2.75, 3.05) is 5.73 Å². The number of rotatable bonds is 1. The topological polar surface area (TPSA) is 80.5 Å². The van der Waals surface area contributed by atoms with Gasteiger partial charge in [-0.15, -0.1) is 0 Å². The minimum absolute atomic E-state index is 0.600. The van der Waals surface area contributed by atoms with Crippen LogP contribution in [0.15, 0.2) is 30.5 Å². The molecule has 17 heavy (non-hydrogen) atoms. The van der Waals surface area contributed by atoms with Crippen molar-refractivity contribution in [3.05, 3.63) is 36.2 Å². The van der Waals surface area contributed by atoms with E-state index in [1.807, 2.05) is 19.1 Å². The number of imidazole rings is 1. The molecule has 5 heteroatoms. The van der Waals surface area contributed by atoms with Crippen LogP contribution >= 0.6 is 0 Å². The molecular formula is C12H11N5. The molecule has 0 atom stereocenters. The predicted molar refractivity (Wildman–Crippen MR) is 66.3 cm³/mol. The van der Waals surface area contributed by atoms with Gasteiger partial charge in [0.1, 0.15) is 5.69 Å². The highest BCUT2D eigenvalue weighted by atomic mass is 15.0. The number of nitrogens with zero attached hydrogens (tertiary/aromatic N) is 3. The Bertz CT molecular complexity index is 686. The first kappa shape index (κ1) is 9.77. The fraction of sp³-hybridized carbons (Fsp3) is 0.0833. The van der Waals surface area contributed by atoms with Crippen molar-refractivity contribution in [3.8, 4) is 11.5 Å². The summed E-state index contributed by atoms with van der Waals surface area (Å²) >= 11 is 0. The van der Waals surface area contributed by atoms with Crippen LogP contribution in [-0.4, -0.2) is 19.9 Å². The maximum Gasteiger partial charge on any atom is 0.178 e. The van der Waals surface area contributed by atoms with E-state index in [1.54, 1.807) is 18.3 Å². The molecule has 3 N–H and O–H groups in total. The Hall–Kier alpha value is -2.43. The Kier molecular flexibility index (Phi) is 2.04. The number of pyridine rings is 2. The molecule has 0 radical (unpaired) electrons. The Morgan fingerprint density at radius 2 is 2.06 bits per heavy atom. The van der Waals surface area contributed by atoms with Gasteiger partial charge >= 0.3 is 0 Å². The van der Waals surface area contributed by atoms with Gasteiger partial charge < -0.3 is 10.7 Å². The molecule has 0 bridgehead atoms. The Morgan fingerprint density at radius 1 is 1.18 bits per heavy atom. The molecule has 3 heterocycles. The predicted octanol–water partition coefficient (Wildman–Crippen LogP) is 1.91. The van der Waals surface area contributed by atoms with Crippen LogP contribution in [0.5, 0.6) is 0 Å². The number of aromatic nitrogens is 4. The minimum Gasteiger partial charge on any atom is -0.397 e. The van der Waals surface area contributed by atoms with E-state index in [0.717, 1.165) is 11.2 Å². The summed E-state index contributed by atoms with van der Waals surface area (Å²) in [6.07, 6.45) is 1.69. The summed E-state index contributed by atoms with van der Waals surface area (Å²) < 4.78 is 0. The monoisotopic (exact) mass is 225 g/mol. The van der Waals surface area contributed by atoms with Gasteiger partial charge in [0.15, 0.2) is 11.5 Å². The second kappa shape index (κ2) is 3.55. The van der Waals surface area contributed by atoms with E-state index in [2.05, 4.69) is 19.9 Å². The van der Waals surface area contributed by atoms with Gasteiger partial charge in [0.2, 0.25) is 0 Å². The molecule has 3 rings (SSSR count). The number of nitrogens with two attached hydrogens (primary N) is 1. The maximum atomic E-state index is 5.86. The van der Waals surface area contributed by atoms with Crippen molar-refractivity contribution in [2.45, 2.75) is 6.92 Å². The average Bonchev–Trinajstić information content (AvgIpc) is 2.72. The lowest BCUT2D eigenvalue weighted by molar-refractivity contribution is 1.21. The van der Waals surface area contributed by atoms with Crippen LogP contribution in [0.25, 0.3) is 22.7 Å². The van der Waals surface area contributed by atoms with Gasteiger partial charge in [-0.1, -0.05) is 0 Å². The number of nitrogens with one attached hydrogen (secondary N) is 1. The number of hydrogen-bond donors (Lipinski definition) is 2. The molecular weight excluding hydrogens is 214 g/mol. The van der Waals surface area contributed by atoms with E-state index in [4.69, 9.17) is 5.73 Å². The third kappa shape index (κ3) is 1.61. The first-order valence-electron chi connectivity index (χ1n) is 5.28. The molecule has 3 aromatic heterocycles. The van der Waals surface area contributed by atoms with Gasteiger partial charge in [-0.2, -0.15) is 0 Å². The van der Waals surface area contributed by atoms with Crippen LogP contribution in [-0.2, 0) is 0 Å². The molecule has 0 aliphatic rings. The average molecular weight is 225 g/mol. The quantitative estimate of drug-likeness (QED) is 0.663. The van der Waals surface area contributed by atoms with E-state index in [-0.39, 0.29) is 0 Å². The minimum atomic E-state index is 0.600. The molecule has 0 amide bonds. The number of nitrogen functional groups attached to an aromatic ring is 1. The van der Waals surface area contributed by atoms with E-state index >= 15 is 0 Å². The Balaban J connectivity index is 2.22. The molecule has 0 aliphatic heterocycles. The van der Waals surface area contributed by atoms with Crippen molar-refractivity contribution in [1.82, 2.24) is 19.9 Å². The molecule has 0 saturated carbocycles. The Morgan fingerprint density at radius 3 is 2.88 bits per heavy atom. The zero-order valence-corrected chi connectivity index (χ0v) is 9.31. The van der Waals surface area contributed by atoms with E-state index in [0.29, 0.717) is 22.9 Å². The standard InChI is InChI=1S/C12H11N5/c1-7-4-5-9-11(15-7)17-12(16-9)10-8(13)3-2-6-14-10/h2-6H,13H2,1H3,(H,15,16,17). The smallest absolute Gasteiger partial charge is 0.178 e. The number of aromatic amines is 1. The highest BCUT2D eigenvalue weighted by molar-refractivity contribution is 5.78. The van der Waals surface area contributed by atoms with Gasteiger partial charge in [0, 0.05) is 11.9 Å². The normalized spacial score (nSPS) is 10.9. The fourth-order valence-electron chi connectivity index (χ4n) is 1.71. The summed E-state index contributed by atoms with van der Waals surface area (Å²) in [5.74, 6) is 0.649. The van der Waals surface area contributed by atoms with E-state index < -0.39 is 0 Å². The second-order valence-electron chi connectivity index (χ2n) is 3.85. The zero-order chi connectivity index (χ0) is 11.8. The Labute approximate surface area is 97.7 Å². The van der Waals surface area contributed by atoms with Gasteiger partial charge in [0.05, 0.1) is 11.2 Å². The van der Waals surface area contributed by atoms with E-state index in [9.17, 15) is 0 Å². The lowest BCUT2D eigenvalue weighted by atomic mass is 10.3. The number of aryl methyl sites for hydroxylation is 1. The lowest BCUT2D eigenvalue weighted by Crippen LogP contribution is -1.93. The molecule has 0 unspecified atom stereocenters. The summed E-state index contributed by atoms with van der Waals surface area (Å²) in [4.78, 5) is 16.1. The van der Waals surface area contributed by atoms with Crippen LogP contribution in [0.1, 0.15) is 5.69 Å². The third-order valence-electron chi connectivity index (χ3n) is 2.55. The molecule has 0 aromatic carbocycles. The highest BCUT2D eigenvalue weighted by Crippen LogP contribution is 2.22. The summed E-state index contributed by atoms with van der Waals surface area (Å²) in [5, 5.41) is 0. The SMILES string of the molecule is Cc1ccc2[nH]c(-c3ncccc3N)nc2n1. The van der Waals surface area contributed by atoms with Crippen LogP contribution in [0, 0.1) is 6.92 Å². The third-order valence-corrected chi connectivity index (χ3v) is 2.55. The summed E-state index contributed by atoms with van der Waals surface area (Å²) in [6.45, 7) is 1.93. The van der Waals surface area contributed by atoms with Crippen LogP contribution in [0.3, 0.4) is 0 Å². The summed E-state index contributed by atoms with van der Waals surface area (Å²) in [7, 11) is 0. The molecule has 0 aliphatic carbocycles. The number of anilines is 1. The molecule has 0 spiro atoms. The highest BCUT2D eigenvalue weighted by Gasteiger charge is 2.09. The van der Waals surface area contributed by atoms with Crippen molar-refractivity contribution in [2.24, 2.45) is 0 Å². The van der Waals surface area contributed by atoms with Gasteiger partial charge in [-0.05, 0) is 31.2 Å². The van der Waals surface area contributed by atoms with Crippen molar-refractivity contribution >= 4 is 16.9 Å². The molecule has 3 aromatic rings. The summed E-state index contributed by atoms with van der Waals surface area (Å²) in [5.41, 5.74) is 9.62. The largest absolute Gasteiger partial charge is 0.397 e. The molecule has 84 valence electrons. The summed E-state index contributed by atoms with van der Waals surface area (Å²) in [6, 6.07) is 7.48. The first-order chi connectivity index (χ1) is 8.24. The van der Waals surface area contributed by atoms with Crippen LogP contribution in [0.2, 0.25) is 0 Å². The molecule has 0 saturated heterocycles. The number of fused-ring (bicyclic) bond motifs is 1. The first-order valence-corrected chi connectivity index (χ1v) is 5.28. The van der Waals surface area contributed by atoms with Crippen LogP contribution < -0.4 is 5.73 Å². The second-order valence-corrected chi connectivity index (χ2v) is 3.85. The van der Waals surface area contributed by atoms with Crippen molar-refractivity contribution in [1.29, 1.82) is 0 Å². The molecule has 0 fully saturated rings. The fourth-order valence-corrected chi connectivity index (χ4v) is 1.71. The maximum absolute atomic E-state index is 5.86. The number of H-pyrrole nitrogens is 1.